The highest BCUT2D eigenvalue weighted by Crippen LogP contribution is 2.30. The van der Waals surface area contributed by atoms with Crippen LogP contribution in [0.3, 0.4) is 0 Å². The van der Waals surface area contributed by atoms with E-state index < -0.39 is 8.32 Å². The highest BCUT2D eigenvalue weighted by Gasteiger charge is 2.18. The molecule has 1 aromatic rings. The second-order valence-electron chi connectivity index (χ2n) is 5.08. The molecule has 0 aromatic heterocycles. The van der Waals surface area contributed by atoms with Crippen molar-refractivity contribution in [3.8, 4) is 11.5 Å². The van der Waals surface area contributed by atoms with Gasteiger partial charge >= 0.3 is 0 Å². The first-order chi connectivity index (χ1) is 7.81. The maximum absolute atomic E-state index is 11.1. The number of rotatable bonds is 5. The molecule has 0 unspecified atom stereocenters. The van der Waals surface area contributed by atoms with Gasteiger partial charge in [0.25, 0.3) is 0 Å². The van der Waals surface area contributed by atoms with Crippen molar-refractivity contribution in [3.05, 3.63) is 23.8 Å². The van der Waals surface area contributed by atoms with Gasteiger partial charge in [-0.2, -0.15) is 0 Å². The molecule has 0 spiro atoms. The van der Waals surface area contributed by atoms with E-state index in [0.717, 1.165) is 11.3 Å². The molecule has 1 aromatic carbocycles. The number of Topliss-reactive ketones (excluding diaryl/α,β-unsaturated/α-hetero) is 1. The maximum Gasteiger partial charge on any atom is 0.242 e. The number of carbonyl (C=O) groups excluding carboxylic acids is 1. The van der Waals surface area contributed by atoms with Gasteiger partial charge in [0.15, 0.2) is 5.75 Å². The standard InChI is InChI=1S/C13H20O3Si/c1-10(14)8-11-6-7-12(13(9-11)15-2)16-17(3,4)5/h6-7,9H,8H2,1-5H3. The second kappa shape index (κ2) is 5.36. The summed E-state index contributed by atoms with van der Waals surface area (Å²) >= 11 is 0. The van der Waals surface area contributed by atoms with E-state index in [9.17, 15) is 4.79 Å². The van der Waals surface area contributed by atoms with Crippen molar-refractivity contribution >= 4 is 14.1 Å². The molecular weight excluding hydrogens is 232 g/mol. The molecule has 0 amide bonds. The van der Waals surface area contributed by atoms with Crippen LogP contribution < -0.4 is 9.16 Å². The van der Waals surface area contributed by atoms with Crippen molar-refractivity contribution in [1.29, 1.82) is 0 Å². The highest BCUT2D eigenvalue weighted by molar-refractivity contribution is 6.70. The zero-order valence-corrected chi connectivity index (χ0v) is 12.2. The summed E-state index contributed by atoms with van der Waals surface area (Å²) in [6.07, 6.45) is 0.434. The van der Waals surface area contributed by atoms with Gasteiger partial charge in [-0.15, -0.1) is 0 Å². The SMILES string of the molecule is COc1cc(CC(C)=O)ccc1O[Si](C)(C)C. The molecule has 94 valence electrons. The summed E-state index contributed by atoms with van der Waals surface area (Å²) < 4.78 is 11.2. The van der Waals surface area contributed by atoms with Gasteiger partial charge in [-0.1, -0.05) is 6.07 Å². The van der Waals surface area contributed by atoms with Gasteiger partial charge < -0.3 is 9.16 Å². The Bertz CT molecular complexity index is 408. The van der Waals surface area contributed by atoms with Gasteiger partial charge in [0.2, 0.25) is 8.32 Å². The molecule has 0 heterocycles. The van der Waals surface area contributed by atoms with Crippen LogP contribution in [-0.2, 0) is 11.2 Å². The predicted molar refractivity (Wildman–Crippen MR) is 71.4 cm³/mol. The average molecular weight is 252 g/mol. The molecule has 0 radical (unpaired) electrons. The Hall–Kier alpha value is -1.29. The van der Waals surface area contributed by atoms with E-state index in [1.54, 1.807) is 14.0 Å². The van der Waals surface area contributed by atoms with Crippen LogP contribution in [0.2, 0.25) is 19.6 Å². The van der Waals surface area contributed by atoms with Crippen molar-refractivity contribution in [3.63, 3.8) is 0 Å². The van der Waals surface area contributed by atoms with Crippen LogP contribution in [0.4, 0.5) is 0 Å². The minimum Gasteiger partial charge on any atom is -0.542 e. The van der Waals surface area contributed by atoms with Gasteiger partial charge in [-0.25, -0.2) is 0 Å². The third kappa shape index (κ3) is 4.61. The molecular formula is C13H20O3Si. The third-order valence-corrected chi connectivity index (χ3v) is 2.93. The van der Waals surface area contributed by atoms with Crippen molar-refractivity contribution in [1.82, 2.24) is 0 Å². The molecule has 0 aliphatic carbocycles. The molecule has 0 atom stereocenters. The number of methoxy groups -OCH3 is 1. The smallest absolute Gasteiger partial charge is 0.242 e. The van der Waals surface area contributed by atoms with E-state index in [0.29, 0.717) is 12.2 Å². The van der Waals surface area contributed by atoms with Crippen LogP contribution in [0.25, 0.3) is 0 Å². The zero-order chi connectivity index (χ0) is 13.1. The Morgan fingerprint density at radius 1 is 1.24 bits per heavy atom. The van der Waals surface area contributed by atoms with E-state index in [-0.39, 0.29) is 5.78 Å². The molecule has 0 fully saturated rings. The predicted octanol–water partition coefficient (Wildman–Crippen LogP) is 3.04. The van der Waals surface area contributed by atoms with E-state index >= 15 is 0 Å². The first-order valence-corrected chi connectivity index (χ1v) is 9.08. The number of hydrogen-bond acceptors (Lipinski definition) is 3. The number of hydrogen-bond donors (Lipinski definition) is 0. The minimum atomic E-state index is -1.64. The number of carbonyl (C=O) groups is 1. The molecule has 3 nitrogen and oxygen atoms in total. The Morgan fingerprint density at radius 3 is 2.35 bits per heavy atom. The first-order valence-electron chi connectivity index (χ1n) is 5.67. The van der Waals surface area contributed by atoms with Crippen LogP contribution in [0.5, 0.6) is 11.5 Å². The highest BCUT2D eigenvalue weighted by atomic mass is 28.4. The maximum atomic E-state index is 11.1. The molecule has 1 rings (SSSR count). The Morgan fingerprint density at radius 2 is 1.88 bits per heavy atom. The van der Waals surface area contributed by atoms with Gasteiger partial charge in [0, 0.05) is 6.42 Å². The van der Waals surface area contributed by atoms with Crippen molar-refractivity contribution in [2.45, 2.75) is 33.0 Å². The summed E-state index contributed by atoms with van der Waals surface area (Å²) in [6, 6.07) is 5.67. The molecule has 0 saturated carbocycles. The summed E-state index contributed by atoms with van der Waals surface area (Å²) in [5.41, 5.74) is 0.956. The van der Waals surface area contributed by atoms with Crippen LogP contribution in [-0.4, -0.2) is 21.2 Å². The molecule has 17 heavy (non-hydrogen) atoms. The van der Waals surface area contributed by atoms with Gasteiger partial charge in [-0.3, -0.25) is 4.79 Å². The molecule has 0 aliphatic heterocycles. The van der Waals surface area contributed by atoms with E-state index in [1.807, 2.05) is 18.2 Å². The normalized spacial score (nSPS) is 11.1. The van der Waals surface area contributed by atoms with Gasteiger partial charge in [0.05, 0.1) is 7.11 Å². The topological polar surface area (TPSA) is 35.5 Å². The van der Waals surface area contributed by atoms with Crippen molar-refractivity contribution in [2.24, 2.45) is 0 Å². The van der Waals surface area contributed by atoms with Crippen LogP contribution in [0.15, 0.2) is 18.2 Å². The van der Waals surface area contributed by atoms with Crippen LogP contribution >= 0.6 is 0 Å². The third-order valence-electron chi connectivity index (χ3n) is 2.10. The molecule has 0 bridgehead atoms. The quantitative estimate of drug-likeness (QED) is 0.756. The molecule has 4 heteroatoms. The molecule has 0 N–H and O–H groups in total. The molecule has 0 saturated heterocycles. The van der Waals surface area contributed by atoms with Gasteiger partial charge in [-0.05, 0) is 44.3 Å². The summed E-state index contributed by atoms with van der Waals surface area (Å²) in [5, 5.41) is 0. The van der Waals surface area contributed by atoms with Crippen molar-refractivity contribution < 1.29 is 14.0 Å². The second-order valence-corrected chi connectivity index (χ2v) is 9.51. The Labute approximate surface area is 104 Å². The zero-order valence-electron chi connectivity index (χ0n) is 11.2. The first kappa shape index (κ1) is 13.8. The number of ether oxygens (including phenoxy) is 1. The average Bonchev–Trinajstić information content (AvgIpc) is 2.17. The largest absolute Gasteiger partial charge is 0.542 e. The van der Waals surface area contributed by atoms with Gasteiger partial charge in [0.1, 0.15) is 11.5 Å². The number of benzene rings is 1. The van der Waals surface area contributed by atoms with Crippen molar-refractivity contribution in [2.75, 3.05) is 7.11 Å². The van der Waals surface area contributed by atoms with Crippen LogP contribution in [0, 0.1) is 0 Å². The monoisotopic (exact) mass is 252 g/mol. The molecule has 0 aliphatic rings. The Kier molecular flexibility index (Phi) is 4.34. The van der Waals surface area contributed by atoms with E-state index in [2.05, 4.69) is 19.6 Å². The lowest BCUT2D eigenvalue weighted by molar-refractivity contribution is -0.116. The summed E-state index contributed by atoms with van der Waals surface area (Å²) in [6.45, 7) is 7.95. The fraction of sp³-hybridized carbons (Fsp3) is 0.462. The summed E-state index contributed by atoms with van der Waals surface area (Å²) in [4.78, 5) is 11.1. The van der Waals surface area contributed by atoms with E-state index in [1.165, 1.54) is 0 Å². The lowest BCUT2D eigenvalue weighted by Crippen LogP contribution is -2.29. The summed E-state index contributed by atoms with van der Waals surface area (Å²) in [7, 11) is -0.0270. The summed E-state index contributed by atoms with van der Waals surface area (Å²) in [5.74, 6) is 1.61. The van der Waals surface area contributed by atoms with Crippen LogP contribution in [0.1, 0.15) is 12.5 Å². The number of ketones is 1. The fourth-order valence-corrected chi connectivity index (χ4v) is 2.35. The lowest BCUT2D eigenvalue weighted by atomic mass is 10.1. The lowest BCUT2D eigenvalue weighted by Gasteiger charge is -2.21. The fourth-order valence-electron chi connectivity index (χ4n) is 1.52. The van der Waals surface area contributed by atoms with E-state index in [4.69, 9.17) is 9.16 Å². The Balaban J connectivity index is 2.97. The minimum absolute atomic E-state index is 0.144.